The molecule has 6 nitrogen and oxygen atoms in total. The first-order valence-electron chi connectivity index (χ1n) is 10.5. The molecular formula is C24H27N3O3. The lowest BCUT2D eigenvalue weighted by atomic mass is 9.88. The summed E-state index contributed by atoms with van der Waals surface area (Å²) >= 11 is 0. The number of carbonyl (C=O) groups excluding carboxylic acids is 1. The number of nitrogens with zero attached hydrogens (tertiary/aromatic N) is 2. The molecule has 2 aromatic carbocycles. The summed E-state index contributed by atoms with van der Waals surface area (Å²) in [5.74, 6) is 1.40. The number of aromatic amines is 1. The second-order valence-corrected chi connectivity index (χ2v) is 7.87. The number of aromatic nitrogens is 2. The molecule has 1 aliphatic rings. The molecule has 1 fully saturated rings. The molecule has 6 heteroatoms. The summed E-state index contributed by atoms with van der Waals surface area (Å²) in [5.41, 5.74) is 1.39. The van der Waals surface area contributed by atoms with Crippen LogP contribution in [0.3, 0.4) is 0 Å². The molecule has 0 aliphatic heterocycles. The van der Waals surface area contributed by atoms with Crippen LogP contribution < -0.4 is 10.3 Å². The second kappa shape index (κ2) is 9.11. The Morgan fingerprint density at radius 2 is 1.80 bits per heavy atom. The number of nitrogens with one attached hydrogen (secondary N) is 1. The van der Waals surface area contributed by atoms with E-state index >= 15 is 0 Å². The fraction of sp³-hybridized carbons (Fsp3) is 0.375. The number of H-pyrrole nitrogens is 1. The highest BCUT2D eigenvalue weighted by Gasteiger charge is 2.27. The van der Waals surface area contributed by atoms with Crippen LogP contribution in [0.25, 0.3) is 10.9 Å². The van der Waals surface area contributed by atoms with E-state index in [-0.39, 0.29) is 23.9 Å². The van der Waals surface area contributed by atoms with Crippen molar-refractivity contribution in [1.82, 2.24) is 14.9 Å². The summed E-state index contributed by atoms with van der Waals surface area (Å²) in [6, 6.07) is 15.0. The Bertz CT molecular complexity index is 1090. The van der Waals surface area contributed by atoms with Gasteiger partial charge in [-0.05, 0) is 31.0 Å². The first kappa shape index (κ1) is 20.1. The third kappa shape index (κ3) is 4.37. The van der Waals surface area contributed by atoms with Gasteiger partial charge in [0.15, 0.2) is 0 Å². The summed E-state index contributed by atoms with van der Waals surface area (Å²) in [6.07, 6.45) is 5.20. The minimum Gasteiger partial charge on any atom is -0.496 e. The van der Waals surface area contributed by atoms with Gasteiger partial charge in [-0.2, -0.15) is 0 Å². The number of rotatable bonds is 6. The Hall–Kier alpha value is -3.15. The van der Waals surface area contributed by atoms with Crippen LogP contribution in [0.5, 0.6) is 5.75 Å². The highest BCUT2D eigenvalue weighted by molar-refractivity contribution is 5.79. The Kier molecular flexibility index (Phi) is 6.12. The van der Waals surface area contributed by atoms with Crippen molar-refractivity contribution < 1.29 is 9.53 Å². The van der Waals surface area contributed by atoms with Crippen molar-refractivity contribution in [2.24, 2.45) is 5.92 Å². The maximum absolute atomic E-state index is 13.4. The van der Waals surface area contributed by atoms with Gasteiger partial charge in [-0.25, -0.2) is 4.98 Å². The van der Waals surface area contributed by atoms with Crippen LogP contribution in [-0.4, -0.2) is 27.9 Å². The number of carbonyl (C=O) groups is 1. The number of hydrogen-bond donors (Lipinski definition) is 1. The Morgan fingerprint density at radius 3 is 2.60 bits per heavy atom. The van der Waals surface area contributed by atoms with E-state index < -0.39 is 0 Å². The Morgan fingerprint density at radius 1 is 1.07 bits per heavy atom. The average molecular weight is 405 g/mol. The molecule has 0 bridgehead atoms. The molecule has 3 aromatic rings. The van der Waals surface area contributed by atoms with Crippen LogP contribution in [0.2, 0.25) is 0 Å². The van der Waals surface area contributed by atoms with Gasteiger partial charge >= 0.3 is 0 Å². The average Bonchev–Trinajstić information content (AvgIpc) is 2.79. The maximum Gasteiger partial charge on any atom is 0.258 e. The first-order chi connectivity index (χ1) is 14.7. The normalized spacial score (nSPS) is 14.6. The molecular weight excluding hydrogens is 378 g/mol. The van der Waals surface area contributed by atoms with Crippen molar-refractivity contribution in [2.75, 3.05) is 7.11 Å². The van der Waals surface area contributed by atoms with E-state index in [1.807, 2.05) is 42.5 Å². The van der Waals surface area contributed by atoms with E-state index in [4.69, 9.17) is 4.74 Å². The fourth-order valence-electron chi connectivity index (χ4n) is 4.25. The smallest absolute Gasteiger partial charge is 0.258 e. The number of fused-ring (bicyclic) bond motifs is 1. The largest absolute Gasteiger partial charge is 0.496 e. The van der Waals surface area contributed by atoms with E-state index in [0.29, 0.717) is 23.3 Å². The number of ether oxygens (including phenoxy) is 1. The predicted octanol–water partition coefficient (Wildman–Crippen LogP) is 4.04. The van der Waals surface area contributed by atoms with E-state index in [1.54, 1.807) is 18.1 Å². The van der Waals surface area contributed by atoms with Crippen molar-refractivity contribution >= 4 is 16.8 Å². The molecule has 1 heterocycles. The van der Waals surface area contributed by atoms with Gasteiger partial charge in [-0.15, -0.1) is 0 Å². The van der Waals surface area contributed by atoms with E-state index in [2.05, 4.69) is 9.97 Å². The van der Waals surface area contributed by atoms with Crippen molar-refractivity contribution in [2.45, 2.75) is 45.2 Å². The molecule has 1 aliphatic carbocycles. The zero-order chi connectivity index (χ0) is 20.9. The first-order valence-corrected chi connectivity index (χ1v) is 10.5. The van der Waals surface area contributed by atoms with Gasteiger partial charge in [-0.1, -0.05) is 49.6 Å². The molecule has 0 saturated heterocycles. The second-order valence-electron chi connectivity index (χ2n) is 7.87. The lowest BCUT2D eigenvalue weighted by Gasteiger charge is -2.29. The maximum atomic E-state index is 13.4. The minimum absolute atomic E-state index is 0.0284. The Labute approximate surface area is 175 Å². The Balaban J connectivity index is 1.66. The molecule has 30 heavy (non-hydrogen) atoms. The molecule has 1 saturated carbocycles. The van der Waals surface area contributed by atoms with Crippen molar-refractivity contribution in [3.8, 4) is 5.75 Å². The zero-order valence-electron chi connectivity index (χ0n) is 17.3. The zero-order valence-corrected chi connectivity index (χ0v) is 17.3. The molecule has 0 spiro atoms. The quantitative estimate of drug-likeness (QED) is 0.672. The fourth-order valence-corrected chi connectivity index (χ4v) is 4.25. The third-order valence-electron chi connectivity index (χ3n) is 5.82. The van der Waals surface area contributed by atoms with Gasteiger partial charge in [-0.3, -0.25) is 9.59 Å². The summed E-state index contributed by atoms with van der Waals surface area (Å²) < 4.78 is 5.49. The van der Waals surface area contributed by atoms with Crippen LogP contribution in [-0.2, 0) is 17.9 Å². The number of benzene rings is 2. The molecule has 0 radical (unpaired) electrons. The highest BCUT2D eigenvalue weighted by atomic mass is 16.5. The van der Waals surface area contributed by atoms with Crippen LogP contribution >= 0.6 is 0 Å². The SMILES string of the molecule is COc1ccccc1CN(Cc1nc2ccccc2c(=O)[nH]1)C(=O)C1CCCCC1. The molecule has 156 valence electrons. The molecule has 0 atom stereocenters. The third-order valence-corrected chi connectivity index (χ3v) is 5.82. The van der Waals surface area contributed by atoms with Gasteiger partial charge in [0.2, 0.25) is 5.91 Å². The van der Waals surface area contributed by atoms with Crippen LogP contribution in [0.4, 0.5) is 0 Å². The predicted molar refractivity (Wildman–Crippen MR) is 116 cm³/mol. The summed E-state index contributed by atoms with van der Waals surface area (Å²) in [6.45, 7) is 0.670. The van der Waals surface area contributed by atoms with Crippen LogP contribution in [0.1, 0.15) is 43.5 Å². The van der Waals surface area contributed by atoms with Crippen LogP contribution in [0.15, 0.2) is 53.3 Å². The highest BCUT2D eigenvalue weighted by Crippen LogP contribution is 2.28. The lowest BCUT2D eigenvalue weighted by molar-refractivity contribution is -0.138. The van der Waals surface area contributed by atoms with Gasteiger partial charge in [0.1, 0.15) is 11.6 Å². The van der Waals surface area contributed by atoms with Gasteiger partial charge in [0, 0.05) is 18.0 Å². The van der Waals surface area contributed by atoms with E-state index in [0.717, 1.165) is 37.0 Å². The van der Waals surface area contributed by atoms with Crippen LogP contribution in [0, 0.1) is 5.92 Å². The summed E-state index contributed by atoms with van der Waals surface area (Å²) in [4.78, 5) is 35.2. The van der Waals surface area contributed by atoms with Crippen molar-refractivity contribution in [3.05, 3.63) is 70.3 Å². The summed E-state index contributed by atoms with van der Waals surface area (Å²) in [7, 11) is 1.63. The van der Waals surface area contributed by atoms with Gasteiger partial charge < -0.3 is 14.6 Å². The van der Waals surface area contributed by atoms with E-state index in [1.165, 1.54) is 6.42 Å². The standard InChI is InChI=1S/C24H27N3O3/c1-30-21-14-8-5-11-18(21)15-27(24(29)17-9-3-2-4-10-17)16-22-25-20-13-7-6-12-19(20)23(28)26-22/h5-8,11-14,17H,2-4,9-10,15-16H2,1H3,(H,25,26,28). The molecule has 4 rings (SSSR count). The molecule has 1 amide bonds. The lowest BCUT2D eigenvalue weighted by Crippen LogP contribution is -2.37. The summed E-state index contributed by atoms with van der Waals surface area (Å²) in [5, 5.41) is 0.552. The number of amides is 1. The number of para-hydroxylation sites is 2. The number of hydrogen-bond acceptors (Lipinski definition) is 4. The minimum atomic E-state index is -0.182. The van der Waals surface area contributed by atoms with Gasteiger partial charge in [0.05, 0.1) is 24.6 Å². The molecule has 0 unspecified atom stereocenters. The molecule has 1 N–H and O–H groups in total. The van der Waals surface area contributed by atoms with Crippen molar-refractivity contribution in [3.63, 3.8) is 0 Å². The topological polar surface area (TPSA) is 75.3 Å². The monoisotopic (exact) mass is 405 g/mol. The van der Waals surface area contributed by atoms with Gasteiger partial charge in [0.25, 0.3) is 5.56 Å². The molecule has 1 aromatic heterocycles. The van der Waals surface area contributed by atoms with E-state index in [9.17, 15) is 9.59 Å². The van der Waals surface area contributed by atoms with Crippen molar-refractivity contribution in [1.29, 1.82) is 0 Å². The number of methoxy groups -OCH3 is 1.